The largest absolute Gasteiger partial charge is 0.317 e. The second kappa shape index (κ2) is 6.55. The molecular weight excluding hydrogens is 172 g/mol. The van der Waals surface area contributed by atoms with Crippen molar-refractivity contribution in [3.05, 3.63) is 30.1 Å². The third kappa shape index (κ3) is 3.11. The third-order valence-electron chi connectivity index (χ3n) is 2.45. The lowest BCUT2D eigenvalue weighted by Gasteiger charge is -2.21. The smallest absolute Gasteiger partial charge is 0.0435 e. The SMILES string of the molecule is CC.c1ccc(C2CCNCC2)nc1. The Morgan fingerprint density at radius 1 is 1.21 bits per heavy atom. The topological polar surface area (TPSA) is 24.9 Å². The molecule has 2 rings (SSSR count). The second-order valence-electron chi connectivity index (χ2n) is 3.28. The van der Waals surface area contributed by atoms with Gasteiger partial charge in [-0.05, 0) is 38.1 Å². The van der Waals surface area contributed by atoms with Crippen molar-refractivity contribution in [2.75, 3.05) is 13.1 Å². The number of pyridine rings is 1. The number of hydrogen-bond acceptors (Lipinski definition) is 2. The van der Waals surface area contributed by atoms with Gasteiger partial charge in [-0.15, -0.1) is 0 Å². The minimum absolute atomic E-state index is 0.687. The first-order valence-corrected chi connectivity index (χ1v) is 5.58. The van der Waals surface area contributed by atoms with Crippen LogP contribution >= 0.6 is 0 Å². The summed E-state index contributed by atoms with van der Waals surface area (Å²) in [7, 11) is 0. The summed E-state index contributed by atoms with van der Waals surface area (Å²) in [6, 6.07) is 6.19. The van der Waals surface area contributed by atoms with Crippen molar-refractivity contribution < 1.29 is 0 Å². The predicted octanol–water partition coefficient (Wildman–Crippen LogP) is 2.57. The van der Waals surface area contributed by atoms with Crippen molar-refractivity contribution in [3.63, 3.8) is 0 Å². The van der Waals surface area contributed by atoms with Crippen LogP contribution in [-0.4, -0.2) is 18.1 Å². The Morgan fingerprint density at radius 2 is 1.93 bits per heavy atom. The van der Waals surface area contributed by atoms with Gasteiger partial charge in [0.15, 0.2) is 0 Å². The van der Waals surface area contributed by atoms with Gasteiger partial charge >= 0.3 is 0 Å². The van der Waals surface area contributed by atoms with Crippen LogP contribution in [0.2, 0.25) is 0 Å². The molecule has 0 aliphatic carbocycles. The van der Waals surface area contributed by atoms with Gasteiger partial charge in [0, 0.05) is 17.8 Å². The average Bonchev–Trinajstić information content (AvgIpc) is 2.34. The molecule has 1 aliphatic heterocycles. The van der Waals surface area contributed by atoms with E-state index in [1.165, 1.54) is 18.5 Å². The highest BCUT2D eigenvalue weighted by Gasteiger charge is 2.15. The maximum atomic E-state index is 4.37. The van der Waals surface area contributed by atoms with Crippen molar-refractivity contribution in [1.29, 1.82) is 0 Å². The molecule has 2 nitrogen and oxygen atoms in total. The molecule has 0 radical (unpaired) electrons. The zero-order chi connectivity index (χ0) is 10.2. The number of rotatable bonds is 1. The van der Waals surface area contributed by atoms with Crippen LogP contribution in [0.5, 0.6) is 0 Å². The highest BCUT2D eigenvalue weighted by atomic mass is 14.9. The van der Waals surface area contributed by atoms with Crippen molar-refractivity contribution in [1.82, 2.24) is 10.3 Å². The second-order valence-corrected chi connectivity index (χ2v) is 3.28. The van der Waals surface area contributed by atoms with Crippen LogP contribution in [0, 0.1) is 0 Å². The van der Waals surface area contributed by atoms with Gasteiger partial charge in [0.1, 0.15) is 0 Å². The van der Waals surface area contributed by atoms with E-state index in [0.717, 1.165) is 13.1 Å². The minimum atomic E-state index is 0.687. The molecule has 1 aromatic rings. The fraction of sp³-hybridized carbons (Fsp3) is 0.583. The van der Waals surface area contributed by atoms with E-state index in [9.17, 15) is 0 Å². The van der Waals surface area contributed by atoms with Crippen molar-refractivity contribution in [2.45, 2.75) is 32.6 Å². The predicted molar refractivity (Wildman–Crippen MR) is 60.4 cm³/mol. The summed E-state index contributed by atoms with van der Waals surface area (Å²) in [5.41, 5.74) is 1.26. The summed E-state index contributed by atoms with van der Waals surface area (Å²) in [5, 5.41) is 3.36. The molecule has 1 aliphatic rings. The van der Waals surface area contributed by atoms with Crippen LogP contribution in [0.25, 0.3) is 0 Å². The van der Waals surface area contributed by atoms with E-state index in [1.807, 2.05) is 26.1 Å². The molecule has 1 fully saturated rings. The summed E-state index contributed by atoms with van der Waals surface area (Å²) >= 11 is 0. The van der Waals surface area contributed by atoms with Gasteiger partial charge in [0.2, 0.25) is 0 Å². The molecule has 0 aromatic carbocycles. The Morgan fingerprint density at radius 3 is 2.50 bits per heavy atom. The normalized spacial score (nSPS) is 17.0. The monoisotopic (exact) mass is 192 g/mol. The molecule has 0 amide bonds. The quantitative estimate of drug-likeness (QED) is 0.739. The van der Waals surface area contributed by atoms with Gasteiger partial charge < -0.3 is 5.32 Å². The Bertz CT molecular complexity index is 227. The molecule has 0 bridgehead atoms. The van der Waals surface area contributed by atoms with Crippen LogP contribution in [-0.2, 0) is 0 Å². The van der Waals surface area contributed by atoms with Gasteiger partial charge in [-0.2, -0.15) is 0 Å². The average molecular weight is 192 g/mol. The molecule has 78 valence electrons. The number of nitrogens with zero attached hydrogens (tertiary/aromatic N) is 1. The molecule has 14 heavy (non-hydrogen) atoms. The summed E-state index contributed by atoms with van der Waals surface area (Å²) in [6.45, 7) is 6.28. The number of hydrogen-bond donors (Lipinski definition) is 1. The highest BCUT2D eigenvalue weighted by Crippen LogP contribution is 2.22. The van der Waals surface area contributed by atoms with Gasteiger partial charge in [-0.25, -0.2) is 0 Å². The standard InChI is InChI=1S/C10H14N2.C2H6/c1-2-6-12-10(3-1)9-4-7-11-8-5-9;1-2/h1-3,6,9,11H,4-5,7-8H2;1-2H3. The maximum Gasteiger partial charge on any atom is 0.0435 e. The van der Waals surface area contributed by atoms with Crippen molar-refractivity contribution >= 4 is 0 Å². The van der Waals surface area contributed by atoms with E-state index in [2.05, 4.69) is 22.4 Å². The lowest BCUT2D eigenvalue weighted by molar-refractivity contribution is 0.453. The molecule has 2 heterocycles. The van der Waals surface area contributed by atoms with Crippen molar-refractivity contribution in [3.8, 4) is 0 Å². The molecule has 2 heteroatoms. The Balaban J connectivity index is 0.000000461. The first kappa shape index (κ1) is 11.2. The zero-order valence-corrected chi connectivity index (χ0v) is 9.16. The Kier molecular flexibility index (Phi) is 5.23. The molecule has 1 saturated heterocycles. The van der Waals surface area contributed by atoms with E-state index in [4.69, 9.17) is 0 Å². The van der Waals surface area contributed by atoms with Crippen LogP contribution in [0.1, 0.15) is 38.3 Å². The lowest BCUT2D eigenvalue weighted by atomic mass is 9.94. The minimum Gasteiger partial charge on any atom is -0.317 e. The van der Waals surface area contributed by atoms with E-state index in [-0.39, 0.29) is 0 Å². The first-order valence-electron chi connectivity index (χ1n) is 5.58. The molecule has 0 atom stereocenters. The van der Waals surface area contributed by atoms with Crippen molar-refractivity contribution in [2.24, 2.45) is 0 Å². The van der Waals surface area contributed by atoms with Crippen LogP contribution in [0.15, 0.2) is 24.4 Å². The molecular formula is C12H20N2. The fourth-order valence-electron chi connectivity index (χ4n) is 1.74. The fourth-order valence-corrected chi connectivity index (χ4v) is 1.74. The zero-order valence-electron chi connectivity index (χ0n) is 9.16. The lowest BCUT2D eigenvalue weighted by Crippen LogP contribution is -2.26. The van der Waals surface area contributed by atoms with Gasteiger partial charge in [0.05, 0.1) is 0 Å². The van der Waals surface area contributed by atoms with Gasteiger partial charge in [-0.1, -0.05) is 19.9 Å². The number of aromatic nitrogens is 1. The summed E-state index contributed by atoms with van der Waals surface area (Å²) in [6.07, 6.45) is 4.35. The Hall–Kier alpha value is -0.890. The third-order valence-corrected chi connectivity index (χ3v) is 2.45. The van der Waals surface area contributed by atoms with E-state index >= 15 is 0 Å². The molecule has 0 spiro atoms. The van der Waals surface area contributed by atoms with E-state index in [0.29, 0.717) is 5.92 Å². The number of piperidine rings is 1. The van der Waals surface area contributed by atoms with Crippen LogP contribution < -0.4 is 5.32 Å². The summed E-state index contributed by atoms with van der Waals surface area (Å²) in [5.74, 6) is 0.687. The summed E-state index contributed by atoms with van der Waals surface area (Å²) in [4.78, 5) is 4.37. The highest BCUT2D eigenvalue weighted by molar-refractivity contribution is 5.10. The first-order chi connectivity index (χ1) is 6.97. The number of nitrogens with one attached hydrogen (secondary N) is 1. The molecule has 1 aromatic heterocycles. The summed E-state index contributed by atoms with van der Waals surface area (Å²) < 4.78 is 0. The molecule has 0 unspecified atom stereocenters. The molecule has 1 N–H and O–H groups in total. The molecule has 0 saturated carbocycles. The Labute approximate surface area is 86.8 Å². The van der Waals surface area contributed by atoms with Crippen LogP contribution in [0.4, 0.5) is 0 Å². The van der Waals surface area contributed by atoms with E-state index < -0.39 is 0 Å². The van der Waals surface area contributed by atoms with Crippen LogP contribution in [0.3, 0.4) is 0 Å². The van der Waals surface area contributed by atoms with E-state index in [1.54, 1.807) is 0 Å². The maximum absolute atomic E-state index is 4.37. The van der Waals surface area contributed by atoms with Gasteiger partial charge in [-0.3, -0.25) is 4.98 Å². The van der Waals surface area contributed by atoms with Gasteiger partial charge in [0.25, 0.3) is 0 Å².